The summed E-state index contributed by atoms with van der Waals surface area (Å²) in [5, 5.41) is 21.0. The molecule has 4 aromatic rings. The number of hydrogen-bond acceptors (Lipinski definition) is 5. The van der Waals surface area contributed by atoms with Crippen molar-refractivity contribution in [1.29, 1.82) is 5.41 Å². The van der Waals surface area contributed by atoms with Crippen LogP contribution in [0.1, 0.15) is 34.4 Å². The Morgan fingerprint density at radius 1 is 1.11 bits per heavy atom. The van der Waals surface area contributed by atoms with Crippen LogP contribution >= 0.6 is 0 Å². The van der Waals surface area contributed by atoms with Crippen LogP contribution in [0, 0.1) is 12.3 Å². The van der Waals surface area contributed by atoms with Gasteiger partial charge in [-0.2, -0.15) is 0 Å². The fourth-order valence-electron chi connectivity index (χ4n) is 5.01. The van der Waals surface area contributed by atoms with Crippen LogP contribution in [-0.2, 0) is 18.7 Å². The molecule has 1 unspecified atom stereocenters. The predicted molar refractivity (Wildman–Crippen MR) is 149 cm³/mol. The van der Waals surface area contributed by atoms with E-state index in [9.17, 15) is 5.11 Å². The van der Waals surface area contributed by atoms with Crippen LogP contribution in [0.2, 0.25) is 0 Å². The van der Waals surface area contributed by atoms with Crippen molar-refractivity contribution >= 4 is 11.9 Å². The zero-order valence-corrected chi connectivity index (χ0v) is 21.9. The summed E-state index contributed by atoms with van der Waals surface area (Å²) < 4.78 is 12.9. The van der Waals surface area contributed by atoms with E-state index in [0.29, 0.717) is 18.7 Å². The van der Waals surface area contributed by atoms with Crippen LogP contribution in [-0.4, -0.2) is 39.6 Å². The molecule has 0 fully saturated rings. The van der Waals surface area contributed by atoms with Crippen LogP contribution in [0.3, 0.4) is 0 Å². The molecule has 7 nitrogen and oxygen atoms in total. The van der Waals surface area contributed by atoms with Gasteiger partial charge in [-0.3, -0.25) is 5.41 Å². The second-order valence-corrected chi connectivity index (χ2v) is 9.48. The third-order valence-corrected chi connectivity index (χ3v) is 7.06. The van der Waals surface area contributed by atoms with Crippen molar-refractivity contribution in [3.05, 3.63) is 113 Å². The quantitative estimate of drug-likeness (QED) is 0.187. The number of rotatable bonds is 8. The molecule has 38 heavy (non-hydrogen) atoms. The van der Waals surface area contributed by atoms with Crippen LogP contribution in [0.4, 0.5) is 0 Å². The van der Waals surface area contributed by atoms with E-state index in [4.69, 9.17) is 14.9 Å². The first-order valence-corrected chi connectivity index (χ1v) is 12.6. The van der Waals surface area contributed by atoms with Gasteiger partial charge in [-0.15, -0.1) is 0 Å². The van der Waals surface area contributed by atoms with E-state index >= 15 is 0 Å². The molecule has 1 aliphatic rings. The molecule has 0 spiro atoms. The number of imidazole rings is 1. The summed E-state index contributed by atoms with van der Waals surface area (Å²) in [6, 6.07) is 21.6. The Hall–Kier alpha value is -4.36. The minimum atomic E-state index is -1.28. The molecule has 7 heteroatoms. The molecular weight excluding hydrogens is 476 g/mol. The van der Waals surface area contributed by atoms with Gasteiger partial charge in [0, 0.05) is 24.7 Å². The van der Waals surface area contributed by atoms with Gasteiger partial charge in [-0.1, -0.05) is 48.5 Å². The number of benzene rings is 3. The zero-order valence-electron chi connectivity index (χ0n) is 21.9. The van der Waals surface area contributed by atoms with E-state index in [0.717, 1.165) is 45.8 Å². The van der Waals surface area contributed by atoms with Gasteiger partial charge in [0.1, 0.15) is 17.3 Å². The highest BCUT2D eigenvalue weighted by atomic mass is 16.5. The maximum atomic E-state index is 12.0. The van der Waals surface area contributed by atoms with E-state index in [1.54, 1.807) is 31.5 Å². The lowest BCUT2D eigenvalue weighted by molar-refractivity contribution is -0.0790. The van der Waals surface area contributed by atoms with Crippen LogP contribution in [0.15, 0.2) is 85.3 Å². The summed E-state index contributed by atoms with van der Waals surface area (Å²) in [6.07, 6.45) is 8.59. The van der Waals surface area contributed by atoms with Crippen LogP contribution in [0.25, 0.3) is 11.8 Å². The SMILES string of the molecule is COc1ccc(CN(C(=N)/C=C/c2ccc(-n3cnc(C)c3)c(OC)c2)C2(O)CCc3ccccc32)cc1. The second kappa shape index (κ2) is 10.6. The minimum Gasteiger partial charge on any atom is -0.497 e. The molecule has 0 saturated heterocycles. The highest BCUT2D eigenvalue weighted by Gasteiger charge is 2.42. The summed E-state index contributed by atoms with van der Waals surface area (Å²) >= 11 is 0. The zero-order chi connectivity index (χ0) is 26.7. The Kier molecular flexibility index (Phi) is 7.03. The summed E-state index contributed by atoms with van der Waals surface area (Å²) in [6.45, 7) is 2.32. The standard InChI is InChI=1S/C31H32N4O3/c1-22-19-34(21-33-22)28-14-10-23(18-29(28)38-3)11-15-30(32)35(20-24-8-12-26(37-2)13-9-24)31(36)17-16-25-6-4-5-7-27(25)31/h4-15,18-19,21,32,36H,16-17,20H2,1-3H3/b15-11+,32-30?. The number of aromatic nitrogens is 2. The Morgan fingerprint density at radius 3 is 2.61 bits per heavy atom. The van der Waals surface area contributed by atoms with E-state index in [1.807, 2.05) is 90.5 Å². The third-order valence-electron chi connectivity index (χ3n) is 7.06. The van der Waals surface area contributed by atoms with Crippen molar-refractivity contribution < 1.29 is 14.6 Å². The van der Waals surface area contributed by atoms with Gasteiger partial charge in [0.15, 0.2) is 5.72 Å². The Morgan fingerprint density at radius 2 is 1.89 bits per heavy atom. The van der Waals surface area contributed by atoms with Gasteiger partial charge >= 0.3 is 0 Å². The fraction of sp³-hybridized carbons (Fsp3) is 0.226. The number of nitrogens with one attached hydrogen (secondary N) is 1. The first-order valence-electron chi connectivity index (χ1n) is 12.6. The lowest BCUT2D eigenvalue weighted by Gasteiger charge is -2.39. The molecule has 0 bridgehead atoms. The van der Waals surface area contributed by atoms with Crippen molar-refractivity contribution in [3.8, 4) is 17.2 Å². The molecule has 1 heterocycles. The lowest BCUT2D eigenvalue weighted by atomic mass is 10.0. The Bertz CT molecular complexity index is 1470. The monoisotopic (exact) mass is 508 g/mol. The average Bonchev–Trinajstić information content (AvgIpc) is 3.54. The lowest BCUT2D eigenvalue weighted by Crippen LogP contribution is -2.47. The largest absolute Gasteiger partial charge is 0.497 e. The topological polar surface area (TPSA) is 83.6 Å². The molecule has 194 valence electrons. The van der Waals surface area contributed by atoms with Crippen molar-refractivity contribution in [3.63, 3.8) is 0 Å². The molecule has 0 aliphatic heterocycles. The van der Waals surface area contributed by atoms with E-state index in [1.165, 1.54) is 0 Å². The van der Waals surface area contributed by atoms with E-state index in [-0.39, 0.29) is 5.84 Å². The molecule has 2 N–H and O–H groups in total. The van der Waals surface area contributed by atoms with Crippen LogP contribution < -0.4 is 9.47 Å². The van der Waals surface area contributed by atoms with E-state index in [2.05, 4.69) is 4.98 Å². The summed E-state index contributed by atoms with van der Waals surface area (Å²) in [7, 11) is 3.28. The van der Waals surface area contributed by atoms with Crippen molar-refractivity contribution in [2.75, 3.05) is 14.2 Å². The summed E-state index contributed by atoms with van der Waals surface area (Å²) in [5.74, 6) is 1.69. The van der Waals surface area contributed by atoms with Crippen molar-refractivity contribution in [2.24, 2.45) is 0 Å². The minimum absolute atomic E-state index is 0.216. The molecule has 1 aromatic heterocycles. The Labute approximate surface area is 223 Å². The normalized spacial score (nSPS) is 16.4. The van der Waals surface area contributed by atoms with Crippen molar-refractivity contribution in [1.82, 2.24) is 14.5 Å². The highest BCUT2D eigenvalue weighted by Crippen LogP contribution is 2.40. The van der Waals surface area contributed by atoms with E-state index < -0.39 is 5.72 Å². The molecule has 0 saturated carbocycles. The second-order valence-electron chi connectivity index (χ2n) is 9.48. The number of amidine groups is 1. The summed E-state index contributed by atoms with van der Waals surface area (Å²) in [5.41, 5.74) is 4.36. The number of ether oxygens (including phenoxy) is 2. The molecule has 5 rings (SSSR count). The molecule has 1 aliphatic carbocycles. The fourth-order valence-corrected chi connectivity index (χ4v) is 5.01. The highest BCUT2D eigenvalue weighted by molar-refractivity contribution is 5.94. The van der Waals surface area contributed by atoms with Gasteiger partial charge < -0.3 is 24.0 Å². The van der Waals surface area contributed by atoms with Gasteiger partial charge in [-0.05, 0) is 60.4 Å². The number of methoxy groups -OCH3 is 2. The number of aliphatic hydroxyl groups is 1. The Balaban J connectivity index is 1.45. The molecule has 0 radical (unpaired) electrons. The average molecular weight is 509 g/mol. The van der Waals surface area contributed by atoms with Crippen molar-refractivity contribution in [2.45, 2.75) is 32.0 Å². The van der Waals surface area contributed by atoms with Gasteiger partial charge in [0.25, 0.3) is 0 Å². The smallest absolute Gasteiger partial charge is 0.166 e. The number of aryl methyl sites for hydroxylation is 2. The summed E-state index contributed by atoms with van der Waals surface area (Å²) in [4.78, 5) is 6.08. The first kappa shape index (κ1) is 25.3. The predicted octanol–water partition coefficient (Wildman–Crippen LogP) is 5.48. The molecule has 1 atom stereocenters. The molecule has 3 aromatic carbocycles. The van der Waals surface area contributed by atoms with Gasteiger partial charge in [0.05, 0.1) is 31.9 Å². The van der Waals surface area contributed by atoms with Crippen LogP contribution in [0.5, 0.6) is 11.5 Å². The van der Waals surface area contributed by atoms with Gasteiger partial charge in [-0.25, -0.2) is 4.98 Å². The first-order chi connectivity index (χ1) is 18.4. The number of nitrogens with zero attached hydrogens (tertiary/aromatic N) is 3. The molecular formula is C31H32N4O3. The number of hydrogen-bond donors (Lipinski definition) is 2. The van der Waals surface area contributed by atoms with Gasteiger partial charge in [0.2, 0.25) is 0 Å². The third kappa shape index (κ3) is 4.93. The molecule has 0 amide bonds. The maximum Gasteiger partial charge on any atom is 0.166 e. The maximum absolute atomic E-state index is 12.0. The number of fused-ring (bicyclic) bond motifs is 1.